The standard InChI is InChI=1S/C24H24BrClFNO3/c1-3-30-23-10-18(14-28-13-16-4-8-20(29-2)9-5-16)21(25)12-24(23)31-15-17-6-7-19(27)11-22(17)26/h4-12,28H,3,13-15H2,1-2H3. The molecule has 0 heterocycles. The molecule has 0 fully saturated rings. The van der Waals surface area contributed by atoms with Crippen LogP contribution in [0.4, 0.5) is 4.39 Å². The van der Waals surface area contributed by atoms with E-state index in [0.29, 0.717) is 35.2 Å². The van der Waals surface area contributed by atoms with Crippen LogP contribution >= 0.6 is 27.5 Å². The Balaban J connectivity index is 1.67. The normalized spacial score (nSPS) is 10.7. The molecule has 0 unspecified atom stereocenters. The van der Waals surface area contributed by atoms with Gasteiger partial charge in [0.15, 0.2) is 11.5 Å². The molecule has 0 saturated carbocycles. The molecule has 0 aliphatic rings. The lowest BCUT2D eigenvalue weighted by Crippen LogP contribution is -2.13. The number of halogens is 3. The maximum atomic E-state index is 13.3. The van der Waals surface area contributed by atoms with Gasteiger partial charge in [0.05, 0.1) is 18.7 Å². The molecule has 0 aliphatic carbocycles. The Bertz CT molecular complexity index is 1010. The summed E-state index contributed by atoms with van der Waals surface area (Å²) in [5.74, 6) is 1.70. The number of nitrogens with one attached hydrogen (secondary N) is 1. The van der Waals surface area contributed by atoms with Crippen LogP contribution in [0, 0.1) is 5.82 Å². The highest BCUT2D eigenvalue weighted by Gasteiger charge is 2.12. The van der Waals surface area contributed by atoms with Crippen molar-refractivity contribution >= 4 is 27.5 Å². The molecule has 164 valence electrons. The van der Waals surface area contributed by atoms with E-state index in [1.54, 1.807) is 13.2 Å². The van der Waals surface area contributed by atoms with Crippen molar-refractivity contribution in [1.29, 1.82) is 0 Å². The van der Waals surface area contributed by atoms with E-state index in [2.05, 4.69) is 21.2 Å². The molecule has 1 N–H and O–H groups in total. The van der Waals surface area contributed by atoms with Gasteiger partial charge in [0, 0.05) is 23.1 Å². The average Bonchev–Trinajstić information content (AvgIpc) is 2.76. The SMILES string of the molecule is CCOc1cc(CNCc2ccc(OC)cc2)c(Br)cc1OCc1ccc(F)cc1Cl. The van der Waals surface area contributed by atoms with Crippen molar-refractivity contribution in [3.63, 3.8) is 0 Å². The van der Waals surface area contributed by atoms with Gasteiger partial charge < -0.3 is 19.5 Å². The Kier molecular flexibility index (Phi) is 8.58. The third-order valence-corrected chi connectivity index (χ3v) is 5.70. The summed E-state index contributed by atoms with van der Waals surface area (Å²) in [4.78, 5) is 0. The van der Waals surface area contributed by atoms with Crippen molar-refractivity contribution < 1.29 is 18.6 Å². The van der Waals surface area contributed by atoms with E-state index < -0.39 is 0 Å². The van der Waals surface area contributed by atoms with Crippen LogP contribution in [0.5, 0.6) is 17.2 Å². The zero-order chi connectivity index (χ0) is 22.2. The number of ether oxygens (including phenoxy) is 3. The van der Waals surface area contributed by atoms with Gasteiger partial charge in [-0.2, -0.15) is 0 Å². The van der Waals surface area contributed by atoms with Crippen molar-refractivity contribution in [2.24, 2.45) is 0 Å². The second-order valence-electron chi connectivity index (χ2n) is 6.80. The van der Waals surface area contributed by atoms with Crippen molar-refractivity contribution in [1.82, 2.24) is 5.32 Å². The summed E-state index contributed by atoms with van der Waals surface area (Å²) < 4.78 is 31.1. The molecule has 0 aromatic heterocycles. The van der Waals surface area contributed by atoms with Crippen molar-refractivity contribution in [3.8, 4) is 17.2 Å². The molecule has 4 nitrogen and oxygen atoms in total. The molecule has 3 aromatic rings. The Labute approximate surface area is 195 Å². The molecule has 0 saturated heterocycles. The highest BCUT2D eigenvalue weighted by Crippen LogP contribution is 2.35. The number of rotatable bonds is 10. The predicted molar refractivity (Wildman–Crippen MR) is 125 cm³/mol. The van der Waals surface area contributed by atoms with Gasteiger partial charge in [-0.25, -0.2) is 4.39 Å². The van der Waals surface area contributed by atoms with E-state index in [4.69, 9.17) is 25.8 Å². The van der Waals surface area contributed by atoms with Gasteiger partial charge in [-0.05, 0) is 54.4 Å². The largest absolute Gasteiger partial charge is 0.497 e. The summed E-state index contributed by atoms with van der Waals surface area (Å²) in [6.45, 7) is 4.01. The van der Waals surface area contributed by atoms with Crippen LogP contribution in [0.15, 0.2) is 59.1 Å². The summed E-state index contributed by atoms with van der Waals surface area (Å²) in [7, 11) is 1.66. The fourth-order valence-electron chi connectivity index (χ4n) is 2.97. The number of benzene rings is 3. The maximum absolute atomic E-state index is 13.3. The summed E-state index contributed by atoms with van der Waals surface area (Å²) >= 11 is 9.72. The summed E-state index contributed by atoms with van der Waals surface area (Å²) in [5, 5.41) is 3.77. The first kappa shape index (κ1) is 23.4. The van der Waals surface area contributed by atoms with E-state index in [0.717, 1.165) is 27.9 Å². The van der Waals surface area contributed by atoms with Crippen LogP contribution in [0.2, 0.25) is 5.02 Å². The topological polar surface area (TPSA) is 39.7 Å². The van der Waals surface area contributed by atoms with Crippen molar-refractivity contribution in [2.45, 2.75) is 26.6 Å². The third kappa shape index (κ3) is 6.60. The van der Waals surface area contributed by atoms with Crippen LogP contribution < -0.4 is 19.5 Å². The van der Waals surface area contributed by atoms with Crippen LogP contribution in [-0.4, -0.2) is 13.7 Å². The fraction of sp³-hybridized carbons (Fsp3) is 0.250. The number of methoxy groups -OCH3 is 1. The Morgan fingerprint density at radius 1 is 0.935 bits per heavy atom. The van der Waals surface area contributed by atoms with Crippen LogP contribution in [-0.2, 0) is 19.7 Å². The third-order valence-electron chi connectivity index (χ3n) is 4.61. The van der Waals surface area contributed by atoms with E-state index >= 15 is 0 Å². The monoisotopic (exact) mass is 507 g/mol. The van der Waals surface area contributed by atoms with E-state index in [1.165, 1.54) is 12.1 Å². The fourth-order valence-corrected chi connectivity index (χ4v) is 3.66. The Morgan fingerprint density at radius 3 is 2.35 bits per heavy atom. The van der Waals surface area contributed by atoms with Gasteiger partial charge in [-0.15, -0.1) is 0 Å². The van der Waals surface area contributed by atoms with Crippen LogP contribution in [0.3, 0.4) is 0 Å². The quantitative estimate of drug-likeness (QED) is 0.338. The van der Waals surface area contributed by atoms with Gasteiger partial charge in [0.25, 0.3) is 0 Å². The lowest BCUT2D eigenvalue weighted by molar-refractivity contribution is 0.268. The van der Waals surface area contributed by atoms with Gasteiger partial charge >= 0.3 is 0 Å². The minimum absolute atomic E-state index is 0.209. The molecule has 3 rings (SSSR count). The molecule has 0 spiro atoms. The molecule has 0 bridgehead atoms. The number of hydrogen-bond acceptors (Lipinski definition) is 4. The predicted octanol–water partition coefficient (Wildman–Crippen LogP) is 6.52. The van der Waals surface area contributed by atoms with Gasteiger partial charge in [-0.3, -0.25) is 0 Å². The molecule has 0 atom stereocenters. The lowest BCUT2D eigenvalue weighted by Gasteiger charge is -2.16. The van der Waals surface area contributed by atoms with Gasteiger partial charge in [-0.1, -0.05) is 45.7 Å². The van der Waals surface area contributed by atoms with Crippen LogP contribution in [0.1, 0.15) is 23.6 Å². The second-order valence-corrected chi connectivity index (χ2v) is 8.06. The first-order valence-electron chi connectivity index (χ1n) is 9.85. The van der Waals surface area contributed by atoms with E-state index in [-0.39, 0.29) is 12.4 Å². The van der Waals surface area contributed by atoms with Gasteiger partial charge in [0.2, 0.25) is 0 Å². The molecule has 0 amide bonds. The minimum Gasteiger partial charge on any atom is -0.497 e. The Morgan fingerprint density at radius 2 is 1.68 bits per heavy atom. The first-order valence-corrected chi connectivity index (χ1v) is 11.0. The molecular formula is C24H24BrClFNO3. The second kappa shape index (κ2) is 11.4. The molecule has 7 heteroatoms. The summed E-state index contributed by atoms with van der Waals surface area (Å²) in [6, 6.07) is 16.0. The number of hydrogen-bond donors (Lipinski definition) is 1. The molecule has 0 radical (unpaired) electrons. The highest BCUT2D eigenvalue weighted by atomic mass is 79.9. The zero-order valence-corrected chi connectivity index (χ0v) is 19.7. The van der Waals surface area contributed by atoms with Gasteiger partial charge in [0.1, 0.15) is 18.2 Å². The first-order chi connectivity index (χ1) is 15.0. The lowest BCUT2D eigenvalue weighted by atomic mass is 10.1. The highest BCUT2D eigenvalue weighted by molar-refractivity contribution is 9.10. The molecular weight excluding hydrogens is 485 g/mol. The molecule has 0 aliphatic heterocycles. The zero-order valence-electron chi connectivity index (χ0n) is 17.4. The average molecular weight is 509 g/mol. The molecule has 31 heavy (non-hydrogen) atoms. The van der Waals surface area contributed by atoms with E-state index in [9.17, 15) is 4.39 Å². The van der Waals surface area contributed by atoms with Crippen molar-refractivity contribution in [3.05, 3.63) is 86.6 Å². The van der Waals surface area contributed by atoms with E-state index in [1.807, 2.05) is 43.3 Å². The van der Waals surface area contributed by atoms with Crippen LogP contribution in [0.25, 0.3) is 0 Å². The molecule has 3 aromatic carbocycles. The summed E-state index contributed by atoms with van der Waals surface area (Å²) in [5.41, 5.74) is 2.91. The minimum atomic E-state index is -0.377. The summed E-state index contributed by atoms with van der Waals surface area (Å²) in [6.07, 6.45) is 0. The smallest absolute Gasteiger partial charge is 0.162 e. The van der Waals surface area contributed by atoms with Crippen molar-refractivity contribution in [2.75, 3.05) is 13.7 Å². The Hall–Kier alpha value is -2.28. The maximum Gasteiger partial charge on any atom is 0.162 e.